The van der Waals surface area contributed by atoms with Gasteiger partial charge >= 0.3 is 0 Å². The monoisotopic (exact) mass is 387 g/mol. The number of benzene rings is 2. The molecule has 1 aliphatic heterocycles. The summed E-state index contributed by atoms with van der Waals surface area (Å²) in [6.45, 7) is 3.45. The van der Waals surface area contributed by atoms with E-state index in [9.17, 15) is 4.79 Å². The van der Waals surface area contributed by atoms with E-state index in [1.54, 1.807) is 7.11 Å². The van der Waals surface area contributed by atoms with Crippen molar-refractivity contribution in [2.45, 2.75) is 26.3 Å². The first-order valence-corrected chi connectivity index (χ1v) is 10.2. The highest BCUT2D eigenvalue weighted by Crippen LogP contribution is 2.31. The molecule has 0 spiro atoms. The fourth-order valence-electron chi connectivity index (χ4n) is 4.54. The number of methoxy groups -OCH3 is 1. The van der Waals surface area contributed by atoms with Crippen molar-refractivity contribution >= 4 is 27.7 Å². The second-order valence-corrected chi connectivity index (χ2v) is 7.97. The van der Waals surface area contributed by atoms with Gasteiger partial charge in [-0.2, -0.15) is 0 Å². The van der Waals surface area contributed by atoms with Crippen LogP contribution in [0.5, 0.6) is 5.75 Å². The Hall–Kier alpha value is -3.21. The molecule has 1 amide bonds. The average molecular weight is 387 g/mol. The Bertz CT molecular complexity index is 1200. The highest BCUT2D eigenvalue weighted by atomic mass is 16.5. The lowest BCUT2D eigenvalue weighted by atomic mass is 9.97. The van der Waals surface area contributed by atoms with Crippen LogP contribution >= 0.6 is 0 Å². The lowest BCUT2D eigenvalue weighted by molar-refractivity contribution is -0.135. The van der Waals surface area contributed by atoms with E-state index in [4.69, 9.17) is 4.74 Å². The van der Waals surface area contributed by atoms with Gasteiger partial charge in [-0.05, 0) is 36.2 Å². The highest BCUT2D eigenvalue weighted by Gasteiger charge is 2.27. The molecule has 0 radical (unpaired) electrons. The van der Waals surface area contributed by atoms with Crippen molar-refractivity contribution in [1.82, 2.24) is 14.9 Å². The largest absolute Gasteiger partial charge is 0.497 e. The molecule has 5 nitrogen and oxygen atoms in total. The third-order valence-corrected chi connectivity index (χ3v) is 6.12. The molecule has 29 heavy (non-hydrogen) atoms. The Kier molecular flexibility index (Phi) is 4.31. The minimum absolute atomic E-state index is 0.0597. The topological polar surface area (TPSA) is 61.1 Å². The molecular formula is C24H25N3O2. The molecule has 2 aromatic carbocycles. The van der Waals surface area contributed by atoms with Crippen molar-refractivity contribution in [3.8, 4) is 5.75 Å². The fraction of sp³-hybridized carbons (Fsp3) is 0.292. The zero-order valence-corrected chi connectivity index (χ0v) is 16.8. The van der Waals surface area contributed by atoms with Crippen LogP contribution < -0.4 is 4.74 Å². The van der Waals surface area contributed by atoms with E-state index in [1.165, 1.54) is 22.2 Å². The molecule has 1 unspecified atom stereocenters. The number of carbonyl (C=O) groups is 1. The highest BCUT2D eigenvalue weighted by molar-refractivity contribution is 5.88. The number of fused-ring (bicyclic) bond motifs is 4. The molecule has 0 saturated carbocycles. The molecule has 3 heterocycles. The SMILES string of the molecule is COc1ccc2[nH]c3c(c2c1)CN(C(=O)C(C)Cc1c[nH]c2ccccc12)CC3. The van der Waals surface area contributed by atoms with E-state index in [0.717, 1.165) is 41.6 Å². The lowest BCUT2D eigenvalue weighted by Crippen LogP contribution is -2.39. The van der Waals surface area contributed by atoms with E-state index < -0.39 is 0 Å². The molecule has 4 aromatic rings. The summed E-state index contributed by atoms with van der Waals surface area (Å²) in [7, 11) is 1.68. The first kappa shape index (κ1) is 17.9. The van der Waals surface area contributed by atoms with Crippen molar-refractivity contribution < 1.29 is 9.53 Å². The zero-order chi connectivity index (χ0) is 20.0. The molecule has 5 heteroatoms. The second-order valence-electron chi connectivity index (χ2n) is 7.97. The van der Waals surface area contributed by atoms with Crippen molar-refractivity contribution in [1.29, 1.82) is 0 Å². The Labute approximate surface area is 169 Å². The molecule has 148 valence electrons. The lowest BCUT2D eigenvalue weighted by Gasteiger charge is -2.29. The summed E-state index contributed by atoms with van der Waals surface area (Å²) in [5, 5.41) is 2.36. The van der Waals surface area contributed by atoms with Crippen LogP contribution in [-0.4, -0.2) is 34.4 Å². The van der Waals surface area contributed by atoms with Gasteiger partial charge < -0.3 is 19.6 Å². The Morgan fingerprint density at radius 1 is 1.17 bits per heavy atom. The van der Waals surface area contributed by atoms with Gasteiger partial charge in [-0.1, -0.05) is 25.1 Å². The van der Waals surface area contributed by atoms with Crippen molar-refractivity contribution in [2.24, 2.45) is 5.92 Å². The van der Waals surface area contributed by atoms with Gasteiger partial charge in [0.25, 0.3) is 0 Å². The number of ether oxygens (including phenoxy) is 1. The number of nitrogens with one attached hydrogen (secondary N) is 2. The van der Waals surface area contributed by atoms with Gasteiger partial charge in [0.05, 0.1) is 7.11 Å². The molecule has 0 bridgehead atoms. The Balaban J connectivity index is 1.37. The molecule has 0 fully saturated rings. The molecular weight excluding hydrogens is 362 g/mol. The van der Waals surface area contributed by atoms with Crippen molar-refractivity contribution in [3.05, 3.63) is 65.5 Å². The smallest absolute Gasteiger partial charge is 0.226 e. The molecule has 5 rings (SSSR count). The number of para-hydroxylation sites is 1. The first-order chi connectivity index (χ1) is 14.1. The summed E-state index contributed by atoms with van der Waals surface area (Å²) >= 11 is 0. The van der Waals surface area contributed by atoms with Gasteiger partial charge in [0, 0.05) is 64.7 Å². The minimum atomic E-state index is -0.0597. The maximum absolute atomic E-state index is 13.2. The number of aromatic amines is 2. The Morgan fingerprint density at radius 2 is 2.03 bits per heavy atom. The second kappa shape index (κ2) is 6.99. The van der Waals surface area contributed by atoms with Crippen LogP contribution in [0, 0.1) is 5.92 Å². The number of hydrogen-bond acceptors (Lipinski definition) is 2. The number of nitrogens with zero attached hydrogens (tertiary/aromatic N) is 1. The van der Waals surface area contributed by atoms with E-state index in [2.05, 4.69) is 34.2 Å². The van der Waals surface area contributed by atoms with E-state index in [1.807, 2.05) is 36.2 Å². The molecule has 1 atom stereocenters. The van der Waals surface area contributed by atoms with Crippen LogP contribution in [0.1, 0.15) is 23.7 Å². The van der Waals surface area contributed by atoms with Crippen LogP contribution in [0.25, 0.3) is 21.8 Å². The van der Waals surface area contributed by atoms with Crippen LogP contribution in [-0.2, 0) is 24.2 Å². The molecule has 0 saturated heterocycles. The summed E-state index contributed by atoms with van der Waals surface area (Å²) in [5.41, 5.74) is 5.89. The number of aromatic nitrogens is 2. The quantitative estimate of drug-likeness (QED) is 0.544. The van der Waals surface area contributed by atoms with Gasteiger partial charge in [-0.25, -0.2) is 0 Å². The van der Waals surface area contributed by atoms with Gasteiger partial charge in [0.1, 0.15) is 5.75 Å². The van der Waals surface area contributed by atoms with Crippen LogP contribution in [0.3, 0.4) is 0 Å². The summed E-state index contributed by atoms with van der Waals surface area (Å²) in [6.07, 6.45) is 3.64. The summed E-state index contributed by atoms with van der Waals surface area (Å²) in [5.74, 6) is 1.00. The molecule has 2 N–H and O–H groups in total. The van der Waals surface area contributed by atoms with Gasteiger partial charge in [0.15, 0.2) is 0 Å². The standard InChI is InChI=1S/C24H25N3O2/c1-15(11-16-13-25-21-6-4-3-5-18(16)21)24(28)27-10-9-23-20(14-27)19-12-17(29-2)7-8-22(19)26-23/h3-8,12-13,15,25-26H,9-11,14H2,1-2H3. The predicted octanol–water partition coefficient (Wildman–Crippen LogP) is 4.42. The molecule has 2 aromatic heterocycles. The van der Waals surface area contributed by atoms with Gasteiger partial charge in [-0.3, -0.25) is 4.79 Å². The number of rotatable bonds is 4. The first-order valence-electron chi connectivity index (χ1n) is 10.2. The third kappa shape index (κ3) is 3.07. The third-order valence-electron chi connectivity index (χ3n) is 6.12. The van der Waals surface area contributed by atoms with Gasteiger partial charge in [0.2, 0.25) is 5.91 Å². The fourth-order valence-corrected chi connectivity index (χ4v) is 4.54. The zero-order valence-electron chi connectivity index (χ0n) is 16.8. The number of carbonyl (C=O) groups excluding carboxylic acids is 1. The Morgan fingerprint density at radius 3 is 2.90 bits per heavy atom. The van der Waals surface area contributed by atoms with Crippen molar-refractivity contribution in [2.75, 3.05) is 13.7 Å². The average Bonchev–Trinajstić information content (AvgIpc) is 3.33. The number of amides is 1. The van der Waals surface area contributed by atoms with E-state index >= 15 is 0 Å². The minimum Gasteiger partial charge on any atom is -0.497 e. The predicted molar refractivity (Wildman–Crippen MR) is 115 cm³/mol. The molecule has 0 aliphatic carbocycles. The van der Waals surface area contributed by atoms with E-state index in [0.29, 0.717) is 6.54 Å². The number of hydrogen-bond donors (Lipinski definition) is 2. The van der Waals surface area contributed by atoms with Crippen LogP contribution in [0.4, 0.5) is 0 Å². The van der Waals surface area contributed by atoms with Crippen LogP contribution in [0.2, 0.25) is 0 Å². The van der Waals surface area contributed by atoms with E-state index in [-0.39, 0.29) is 11.8 Å². The molecule has 1 aliphatic rings. The maximum Gasteiger partial charge on any atom is 0.226 e. The van der Waals surface area contributed by atoms with Gasteiger partial charge in [-0.15, -0.1) is 0 Å². The summed E-state index contributed by atoms with van der Waals surface area (Å²) < 4.78 is 5.39. The maximum atomic E-state index is 13.2. The summed E-state index contributed by atoms with van der Waals surface area (Å²) in [6, 6.07) is 14.3. The number of H-pyrrole nitrogens is 2. The summed E-state index contributed by atoms with van der Waals surface area (Å²) in [4.78, 5) is 22.1. The normalized spacial score (nSPS) is 14.9. The van der Waals surface area contributed by atoms with Crippen molar-refractivity contribution in [3.63, 3.8) is 0 Å². The van der Waals surface area contributed by atoms with Crippen LogP contribution in [0.15, 0.2) is 48.7 Å².